The van der Waals surface area contributed by atoms with Crippen LogP contribution in [-0.4, -0.2) is 55.5 Å². The van der Waals surface area contributed by atoms with Crippen molar-refractivity contribution in [2.75, 3.05) is 39.7 Å². The number of methoxy groups -OCH3 is 2. The molecule has 1 saturated heterocycles. The van der Waals surface area contributed by atoms with Crippen molar-refractivity contribution in [2.24, 2.45) is 0 Å². The highest BCUT2D eigenvalue weighted by molar-refractivity contribution is 6.01. The monoisotopic (exact) mass is 378 g/mol. The van der Waals surface area contributed by atoms with E-state index in [0.717, 1.165) is 53.1 Å². The van der Waals surface area contributed by atoms with E-state index >= 15 is 0 Å². The summed E-state index contributed by atoms with van der Waals surface area (Å²) in [6, 6.07) is 14.4. The van der Waals surface area contributed by atoms with Crippen LogP contribution in [0.1, 0.15) is 12.8 Å². The molecule has 0 spiro atoms. The van der Waals surface area contributed by atoms with Gasteiger partial charge in [0.15, 0.2) is 5.82 Å². The number of hydrogen-bond donors (Lipinski definition) is 1. The highest BCUT2D eigenvalue weighted by atomic mass is 16.5. The minimum atomic E-state index is 0.387. The van der Waals surface area contributed by atoms with Crippen LogP contribution in [0, 0.1) is 0 Å². The van der Waals surface area contributed by atoms with Crippen molar-refractivity contribution in [1.82, 2.24) is 15.1 Å². The molecule has 0 aliphatic carbocycles. The normalized spacial score (nSPS) is 17.5. The van der Waals surface area contributed by atoms with Gasteiger partial charge in [-0.2, -0.15) is 0 Å². The van der Waals surface area contributed by atoms with Gasteiger partial charge in [0.25, 0.3) is 0 Å². The van der Waals surface area contributed by atoms with Gasteiger partial charge in [-0.05, 0) is 38.6 Å². The zero-order valence-electron chi connectivity index (χ0n) is 16.6. The lowest BCUT2D eigenvalue weighted by atomic mass is 10.0. The summed E-state index contributed by atoms with van der Waals surface area (Å²) in [4.78, 5) is 2.35. The topological polar surface area (TPSA) is 59.5 Å². The molecule has 1 aliphatic heterocycles. The van der Waals surface area contributed by atoms with E-state index in [1.807, 2.05) is 30.3 Å². The molecule has 28 heavy (non-hydrogen) atoms. The van der Waals surface area contributed by atoms with Crippen LogP contribution in [0.4, 0.5) is 5.82 Å². The minimum Gasteiger partial charge on any atom is -0.497 e. The molecule has 2 heterocycles. The Labute approximate surface area is 165 Å². The van der Waals surface area contributed by atoms with Gasteiger partial charge in [0.2, 0.25) is 0 Å². The van der Waals surface area contributed by atoms with Gasteiger partial charge in [-0.25, -0.2) is 0 Å². The number of hydrogen-bond acceptors (Lipinski definition) is 6. The second-order valence-electron chi connectivity index (χ2n) is 7.25. The Hall–Kier alpha value is -2.86. The molecule has 6 nitrogen and oxygen atoms in total. The van der Waals surface area contributed by atoms with E-state index in [1.54, 1.807) is 14.2 Å². The van der Waals surface area contributed by atoms with Gasteiger partial charge in [-0.1, -0.05) is 24.3 Å². The van der Waals surface area contributed by atoms with Crippen LogP contribution < -0.4 is 14.8 Å². The molecule has 0 unspecified atom stereocenters. The fraction of sp³-hybridized carbons (Fsp3) is 0.364. The van der Waals surface area contributed by atoms with Crippen molar-refractivity contribution < 1.29 is 9.47 Å². The number of likely N-dealkylation sites (tertiary alicyclic amines) is 1. The summed E-state index contributed by atoms with van der Waals surface area (Å²) >= 11 is 0. The Morgan fingerprint density at radius 1 is 1.04 bits per heavy atom. The predicted octanol–water partition coefficient (Wildman–Crippen LogP) is 3.82. The first-order valence-corrected chi connectivity index (χ1v) is 9.62. The fourth-order valence-electron chi connectivity index (χ4n) is 3.88. The van der Waals surface area contributed by atoms with E-state index in [1.165, 1.54) is 6.42 Å². The van der Waals surface area contributed by atoms with Crippen molar-refractivity contribution in [3.8, 4) is 22.8 Å². The zero-order chi connectivity index (χ0) is 19.5. The Morgan fingerprint density at radius 2 is 1.86 bits per heavy atom. The molecule has 4 rings (SSSR count). The highest BCUT2D eigenvalue weighted by Crippen LogP contribution is 2.37. The Kier molecular flexibility index (Phi) is 5.30. The first-order valence-electron chi connectivity index (χ1n) is 9.62. The van der Waals surface area contributed by atoms with E-state index in [-0.39, 0.29) is 0 Å². The summed E-state index contributed by atoms with van der Waals surface area (Å²) < 4.78 is 10.9. The number of likely N-dealkylation sites (N-methyl/N-ethyl adjacent to an activating group) is 1. The average Bonchev–Trinajstić information content (AvgIpc) is 2.74. The molecule has 0 saturated carbocycles. The predicted molar refractivity (Wildman–Crippen MR) is 112 cm³/mol. The van der Waals surface area contributed by atoms with Crippen LogP contribution in [0.15, 0.2) is 42.5 Å². The summed E-state index contributed by atoms with van der Waals surface area (Å²) in [6.07, 6.45) is 2.34. The van der Waals surface area contributed by atoms with Gasteiger partial charge < -0.3 is 19.7 Å². The van der Waals surface area contributed by atoms with E-state index in [4.69, 9.17) is 9.47 Å². The van der Waals surface area contributed by atoms with Crippen molar-refractivity contribution in [3.05, 3.63) is 42.5 Å². The molecule has 0 radical (unpaired) electrons. The lowest BCUT2D eigenvalue weighted by molar-refractivity contribution is 0.261. The highest BCUT2D eigenvalue weighted by Gasteiger charge is 2.20. The van der Waals surface area contributed by atoms with E-state index in [0.29, 0.717) is 11.8 Å². The smallest absolute Gasteiger partial charge is 0.156 e. The van der Waals surface area contributed by atoms with E-state index < -0.39 is 0 Å². The largest absolute Gasteiger partial charge is 0.497 e. The lowest BCUT2D eigenvalue weighted by Gasteiger charge is -2.30. The van der Waals surface area contributed by atoms with Crippen molar-refractivity contribution >= 4 is 16.6 Å². The van der Waals surface area contributed by atoms with Crippen LogP contribution in [0.25, 0.3) is 22.0 Å². The second-order valence-corrected chi connectivity index (χ2v) is 7.25. The molecular formula is C22H26N4O2. The minimum absolute atomic E-state index is 0.387. The summed E-state index contributed by atoms with van der Waals surface area (Å²) in [5, 5.41) is 14.9. The van der Waals surface area contributed by atoms with Gasteiger partial charge in [-0.15, -0.1) is 10.2 Å². The Bertz CT molecular complexity index is 976. The third-order valence-electron chi connectivity index (χ3n) is 5.32. The number of ether oxygens (including phenoxy) is 2. The molecule has 1 N–H and O–H groups in total. The fourth-order valence-corrected chi connectivity index (χ4v) is 3.88. The summed E-state index contributed by atoms with van der Waals surface area (Å²) in [5.74, 6) is 2.30. The third kappa shape index (κ3) is 3.60. The number of anilines is 1. The average molecular weight is 378 g/mol. The van der Waals surface area contributed by atoms with Crippen LogP contribution >= 0.6 is 0 Å². The molecule has 1 aromatic heterocycles. The third-order valence-corrected chi connectivity index (χ3v) is 5.32. The van der Waals surface area contributed by atoms with Crippen molar-refractivity contribution in [2.45, 2.75) is 18.9 Å². The van der Waals surface area contributed by atoms with Gasteiger partial charge in [0, 0.05) is 35.0 Å². The van der Waals surface area contributed by atoms with E-state index in [9.17, 15) is 0 Å². The van der Waals surface area contributed by atoms with Crippen LogP contribution in [0.5, 0.6) is 11.5 Å². The summed E-state index contributed by atoms with van der Waals surface area (Å²) in [5.41, 5.74) is 1.71. The van der Waals surface area contributed by atoms with Gasteiger partial charge in [-0.3, -0.25) is 0 Å². The zero-order valence-corrected chi connectivity index (χ0v) is 16.6. The number of fused-ring (bicyclic) bond motifs is 1. The maximum absolute atomic E-state index is 5.59. The number of benzene rings is 2. The molecule has 3 aromatic rings. The molecule has 0 amide bonds. The number of nitrogens with zero attached hydrogens (tertiary/aromatic N) is 3. The Balaban J connectivity index is 1.76. The van der Waals surface area contributed by atoms with Crippen molar-refractivity contribution in [1.29, 1.82) is 0 Å². The maximum Gasteiger partial charge on any atom is 0.156 e. The van der Waals surface area contributed by atoms with Crippen LogP contribution in [0.3, 0.4) is 0 Å². The maximum atomic E-state index is 5.59. The first-order chi connectivity index (χ1) is 13.7. The number of aromatic nitrogens is 2. The molecular weight excluding hydrogens is 352 g/mol. The molecule has 1 atom stereocenters. The molecule has 1 fully saturated rings. The number of nitrogens with one attached hydrogen (secondary N) is 1. The van der Waals surface area contributed by atoms with Gasteiger partial charge in [0.05, 0.1) is 14.2 Å². The lowest BCUT2D eigenvalue weighted by Crippen LogP contribution is -2.40. The van der Waals surface area contributed by atoms with Crippen LogP contribution in [-0.2, 0) is 0 Å². The molecule has 0 bridgehead atoms. The standard InChI is InChI=1S/C22H26N4O2/c1-26-12-6-7-15(14-26)23-22-18-9-5-4-8-17(18)21(24-25-22)19-11-10-16(27-2)13-20(19)28-3/h4-5,8-11,13,15H,6-7,12,14H2,1-3H3,(H,23,25)/t15-/m1/s1. The molecule has 146 valence electrons. The van der Waals surface area contributed by atoms with Crippen molar-refractivity contribution in [3.63, 3.8) is 0 Å². The SMILES string of the molecule is COc1ccc(-c2nnc(N[C@@H]3CCCN(C)C3)c3ccccc23)c(OC)c1. The Morgan fingerprint density at radius 3 is 2.61 bits per heavy atom. The summed E-state index contributed by atoms with van der Waals surface area (Å²) in [7, 11) is 5.47. The molecule has 2 aromatic carbocycles. The van der Waals surface area contributed by atoms with Crippen LogP contribution in [0.2, 0.25) is 0 Å². The molecule has 6 heteroatoms. The molecule has 1 aliphatic rings. The number of piperidine rings is 1. The summed E-state index contributed by atoms with van der Waals surface area (Å²) in [6.45, 7) is 2.17. The number of rotatable bonds is 5. The first kappa shape index (κ1) is 18.5. The van der Waals surface area contributed by atoms with E-state index in [2.05, 4.69) is 39.6 Å². The van der Waals surface area contributed by atoms with Gasteiger partial charge >= 0.3 is 0 Å². The van der Waals surface area contributed by atoms with Gasteiger partial charge in [0.1, 0.15) is 17.2 Å². The quantitative estimate of drug-likeness (QED) is 0.728. The second kappa shape index (κ2) is 8.02.